The molecular weight excluding hydrogens is 409 g/mol. The van der Waals surface area contributed by atoms with Gasteiger partial charge in [0.1, 0.15) is 17.5 Å². The Hall–Kier alpha value is -3.28. The Bertz CT molecular complexity index is 1100. The summed E-state index contributed by atoms with van der Waals surface area (Å²) >= 11 is 0. The van der Waals surface area contributed by atoms with E-state index in [4.69, 9.17) is 14.5 Å². The zero-order chi connectivity index (χ0) is 22.8. The molecule has 2 aliphatic rings. The number of nitrogens with zero attached hydrogens (tertiary/aromatic N) is 1. The Labute approximate surface area is 187 Å². The fourth-order valence-electron chi connectivity index (χ4n) is 4.77. The van der Waals surface area contributed by atoms with Gasteiger partial charge < -0.3 is 9.47 Å². The van der Waals surface area contributed by atoms with Crippen LogP contribution in [0.15, 0.2) is 64.8 Å². The van der Waals surface area contributed by atoms with Gasteiger partial charge in [-0.1, -0.05) is 24.3 Å². The highest BCUT2D eigenvalue weighted by molar-refractivity contribution is 6.09. The molecule has 166 valence electrons. The van der Waals surface area contributed by atoms with Crippen molar-refractivity contribution >= 4 is 17.5 Å². The van der Waals surface area contributed by atoms with Gasteiger partial charge in [0.15, 0.2) is 5.78 Å². The molecule has 0 amide bonds. The van der Waals surface area contributed by atoms with Crippen LogP contribution in [0, 0.1) is 11.7 Å². The van der Waals surface area contributed by atoms with Crippen LogP contribution in [0.5, 0.6) is 5.75 Å². The number of carbonyl (C=O) groups is 2. The highest BCUT2D eigenvalue weighted by Crippen LogP contribution is 2.47. The summed E-state index contributed by atoms with van der Waals surface area (Å²) in [5, 5.41) is 0. The van der Waals surface area contributed by atoms with E-state index in [-0.39, 0.29) is 18.3 Å². The van der Waals surface area contributed by atoms with Crippen LogP contribution in [-0.4, -0.2) is 31.2 Å². The molecular formula is C26H26FNO4. The lowest BCUT2D eigenvalue weighted by Crippen LogP contribution is -2.38. The van der Waals surface area contributed by atoms with Crippen LogP contribution in [-0.2, 0) is 14.3 Å². The van der Waals surface area contributed by atoms with Gasteiger partial charge in [-0.05, 0) is 61.6 Å². The summed E-state index contributed by atoms with van der Waals surface area (Å²) in [7, 11) is 1.61. The Morgan fingerprint density at radius 1 is 1.12 bits per heavy atom. The minimum absolute atomic E-state index is 0.0176. The van der Waals surface area contributed by atoms with Gasteiger partial charge in [0.25, 0.3) is 0 Å². The quantitative estimate of drug-likeness (QED) is 0.622. The average Bonchev–Trinajstić information content (AvgIpc) is 2.78. The minimum Gasteiger partial charge on any atom is -0.497 e. The molecule has 0 saturated carbocycles. The normalized spacial score (nSPS) is 22.8. The molecule has 32 heavy (non-hydrogen) atoms. The van der Waals surface area contributed by atoms with Crippen molar-refractivity contribution in [2.24, 2.45) is 10.9 Å². The molecule has 6 heteroatoms. The first-order valence-electron chi connectivity index (χ1n) is 10.8. The maximum absolute atomic E-state index is 14.1. The van der Waals surface area contributed by atoms with Crippen LogP contribution in [0.3, 0.4) is 0 Å². The van der Waals surface area contributed by atoms with Crippen molar-refractivity contribution in [2.45, 2.75) is 38.5 Å². The summed E-state index contributed by atoms with van der Waals surface area (Å²) in [5.41, 5.74) is 3.38. The summed E-state index contributed by atoms with van der Waals surface area (Å²) in [6.07, 6.45) is 0.882. The molecule has 1 unspecified atom stereocenters. The Kier molecular flexibility index (Phi) is 6.21. The predicted molar refractivity (Wildman–Crippen MR) is 119 cm³/mol. The fraction of sp³-hybridized carbons (Fsp3) is 0.346. The number of hydrogen-bond donors (Lipinski definition) is 0. The summed E-state index contributed by atoms with van der Waals surface area (Å²) in [4.78, 5) is 31.0. The maximum Gasteiger partial charge on any atom is 0.315 e. The van der Waals surface area contributed by atoms with Crippen LogP contribution in [0.4, 0.5) is 4.39 Å². The molecule has 0 spiro atoms. The molecule has 5 nitrogen and oxygen atoms in total. The van der Waals surface area contributed by atoms with E-state index in [1.54, 1.807) is 33.1 Å². The second-order valence-electron chi connectivity index (χ2n) is 8.18. The van der Waals surface area contributed by atoms with E-state index >= 15 is 0 Å². The highest BCUT2D eigenvalue weighted by atomic mass is 19.1. The van der Waals surface area contributed by atoms with Gasteiger partial charge in [0.2, 0.25) is 0 Å². The monoisotopic (exact) mass is 435 g/mol. The first-order valence-corrected chi connectivity index (χ1v) is 10.8. The van der Waals surface area contributed by atoms with Gasteiger partial charge in [-0.15, -0.1) is 0 Å². The second-order valence-corrected chi connectivity index (χ2v) is 8.18. The second kappa shape index (κ2) is 9.07. The van der Waals surface area contributed by atoms with Gasteiger partial charge in [0, 0.05) is 29.3 Å². The van der Waals surface area contributed by atoms with Crippen LogP contribution < -0.4 is 4.74 Å². The third-order valence-corrected chi connectivity index (χ3v) is 6.22. The number of rotatable bonds is 5. The lowest BCUT2D eigenvalue weighted by molar-refractivity contribution is -0.146. The number of ketones is 1. The highest BCUT2D eigenvalue weighted by Gasteiger charge is 2.44. The van der Waals surface area contributed by atoms with E-state index in [0.717, 1.165) is 11.3 Å². The first kappa shape index (κ1) is 21.9. The topological polar surface area (TPSA) is 65.0 Å². The van der Waals surface area contributed by atoms with Crippen molar-refractivity contribution in [3.05, 3.63) is 76.7 Å². The van der Waals surface area contributed by atoms with Gasteiger partial charge in [-0.2, -0.15) is 0 Å². The predicted octanol–water partition coefficient (Wildman–Crippen LogP) is 4.97. The molecule has 2 aromatic carbocycles. The van der Waals surface area contributed by atoms with Crippen LogP contribution in [0.1, 0.15) is 49.7 Å². The number of carbonyl (C=O) groups excluding carboxylic acids is 2. The van der Waals surface area contributed by atoms with E-state index in [9.17, 15) is 14.0 Å². The molecule has 1 aliphatic heterocycles. The molecule has 2 aromatic rings. The van der Waals surface area contributed by atoms with Crippen LogP contribution in [0.2, 0.25) is 0 Å². The van der Waals surface area contributed by atoms with Crippen LogP contribution in [0.25, 0.3) is 0 Å². The number of halogens is 1. The first-order chi connectivity index (χ1) is 15.4. The Balaban J connectivity index is 1.77. The van der Waals surface area contributed by atoms with Crippen molar-refractivity contribution < 1.29 is 23.5 Å². The van der Waals surface area contributed by atoms with Gasteiger partial charge >= 0.3 is 5.97 Å². The standard InChI is InChI=1S/C26H26FNO4/c1-4-32-26(30)23-15(2)28-21-13-18(16-8-10-20(31-3)11-9-16)14-22(29)25(21)24(23)17-6-5-7-19(27)12-17/h5-12,18,23-24H,4,13-14H2,1-3H3/t18-,23?,24+/m1/s1. The molecule has 0 bridgehead atoms. The molecule has 1 heterocycles. The summed E-state index contributed by atoms with van der Waals surface area (Å²) in [6, 6.07) is 13.8. The smallest absolute Gasteiger partial charge is 0.315 e. The van der Waals surface area contributed by atoms with Crippen molar-refractivity contribution in [2.75, 3.05) is 13.7 Å². The van der Waals surface area contributed by atoms with Crippen molar-refractivity contribution in [1.82, 2.24) is 0 Å². The number of allylic oxidation sites excluding steroid dienone is 2. The molecule has 0 radical (unpaired) electrons. The Morgan fingerprint density at radius 2 is 1.88 bits per heavy atom. The molecule has 0 saturated heterocycles. The third-order valence-electron chi connectivity index (χ3n) is 6.22. The molecule has 1 aliphatic carbocycles. The summed E-state index contributed by atoms with van der Waals surface area (Å²) in [5.74, 6) is -1.54. The fourth-order valence-corrected chi connectivity index (χ4v) is 4.77. The van der Waals surface area contributed by atoms with E-state index in [2.05, 4.69) is 0 Å². The SMILES string of the molecule is CCOC(=O)C1C(C)=NC2=C(C(=O)C[C@H](c3ccc(OC)cc3)C2)[C@H]1c1cccc(F)c1. The van der Waals surface area contributed by atoms with Crippen LogP contribution >= 0.6 is 0 Å². The average molecular weight is 435 g/mol. The zero-order valence-corrected chi connectivity index (χ0v) is 18.4. The number of Topliss-reactive ketones (excluding diaryl/α,β-unsaturated/α-hetero) is 1. The number of esters is 1. The van der Waals surface area contributed by atoms with Gasteiger partial charge in [0.05, 0.1) is 13.7 Å². The summed E-state index contributed by atoms with van der Waals surface area (Å²) < 4.78 is 24.6. The summed E-state index contributed by atoms with van der Waals surface area (Å²) in [6.45, 7) is 3.73. The minimum atomic E-state index is -0.753. The van der Waals surface area contributed by atoms with Gasteiger partial charge in [-0.25, -0.2) is 4.39 Å². The molecule has 0 fully saturated rings. The lowest BCUT2D eigenvalue weighted by Gasteiger charge is -2.36. The number of methoxy groups -OCH3 is 1. The largest absolute Gasteiger partial charge is 0.497 e. The lowest BCUT2D eigenvalue weighted by atomic mass is 9.69. The van der Waals surface area contributed by atoms with E-state index < -0.39 is 23.6 Å². The number of hydrogen-bond acceptors (Lipinski definition) is 5. The van der Waals surface area contributed by atoms with E-state index in [1.807, 2.05) is 24.3 Å². The number of ether oxygens (including phenoxy) is 2. The zero-order valence-electron chi connectivity index (χ0n) is 18.4. The third kappa shape index (κ3) is 4.09. The molecule has 4 rings (SSSR count). The van der Waals surface area contributed by atoms with E-state index in [1.165, 1.54) is 12.1 Å². The number of aliphatic imine (C=N–C) groups is 1. The molecule has 0 aromatic heterocycles. The molecule has 3 atom stereocenters. The number of benzene rings is 2. The van der Waals surface area contributed by atoms with E-state index in [0.29, 0.717) is 35.4 Å². The van der Waals surface area contributed by atoms with Crippen molar-refractivity contribution in [1.29, 1.82) is 0 Å². The van der Waals surface area contributed by atoms with Gasteiger partial charge in [-0.3, -0.25) is 14.6 Å². The Morgan fingerprint density at radius 3 is 2.53 bits per heavy atom. The van der Waals surface area contributed by atoms with Crippen molar-refractivity contribution in [3.8, 4) is 5.75 Å². The molecule has 0 N–H and O–H groups in total. The van der Waals surface area contributed by atoms with Crippen molar-refractivity contribution in [3.63, 3.8) is 0 Å². The maximum atomic E-state index is 14.1.